The average Bonchev–Trinajstić information content (AvgIpc) is 2.74. The van der Waals surface area contributed by atoms with Gasteiger partial charge in [0.2, 0.25) is 6.23 Å². The highest BCUT2D eigenvalue weighted by atomic mass is 16.6. The van der Waals surface area contributed by atoms with Crippen molar-refractivity contribution in [3.63, 3.8) is 0 Å². The molecule has 10 nitrogen and oxygen atoms in total. The summed E-state index contributed by atoms with van der Waals surface area (Å²) in [6.07, 6.45) is -7.29. The van der Waals surface area contributed by atoms with E-state index >= 15 is 0 Å². The van der Waals surface area contributed by atoms with Gasteiger partial charge in [-0.1, -0.05) is 18.6 Å². The molecule has 1 saturated heterocycles. The number of ether oxygens (including phenoxy) is 2. The minimum absolute atomic E-state index is 0.113. The van der Waals surface area contributed by atoms with Crippen LogP contribution in [0, 0.1) is 5.92 Å². The molecule has 0 amide bonds. The van der Waals surface area contributed by atoms with Crippen LogP contribution in [-0.2, 0) is 15.1 Å². The Morgan fingerprint density at radius 1 is 1.16 bits per heavy atom. The summed E-state index contributed by atoms with van der Waals surface area (Å²) in [5, 5.41) is 62.7. The van der Waals surface area contributed by atoms with Crippen molar-refractivity contribution in [2.24, 2.45) is 5.92 Å². The number of aliphatic hydroxyl groups excluding tert-OH is 4. The third-order valence-electron chi connectivity index (χ3n) is 6.90. The summed E-state index contributed by atoms with van der Waals surface area (Å²) < 4.78 is 10.7. The first-order valence-corrected chi connectivity index (χ1v) is 10.7. The lowest BCUT2D eigenvalue weighted by atomic mass is 9.69. The third-order valence-corrected chi connectivity index (χ3v) is 6.90. The van der Waals surface area contributed by atoms with E-state index in [9.17, 15) is 35.4 Å². The maximum Gasteiger partial charge on any atom is 0.335 e. The summed E-state index contributed by atoms with van der Waals surface area (Å²) in [6.45, 7) is 0.196. The van der Waals surface area contributed by atoms with Crippen LogP contribution in [0.4, 0.5) is 0 Å². The van der Waals surface area contributed by atoms with E-state index in [1.807, 2.05) is 0 Å². The van der Waals surface area contributed by atoms with E-state index in [0.717, 1.165) is 0 Å². The van der Waals surface area contributed by atoms with Gasteiger partial charge in [0.05, 0.1) is 33.9 Å². The Morgan fingerprint density at radius 3 is 2.47 bits per heavy atom. The highest BCUT2D eigenvalue weighted by molar-refractivity contribution is 5.73. The highest BCUT2D eigenvalue weighted by Crippen LogP contribution is 2.44. The van der Waals surface area contributed by atoms with Gasteiger partial charge in [0.1, 0.15) is 23.6 Å². The number of rotatable bonds is 6. The fourth-order valence-electron chi connectivity index (χ4n) is 5.12. The second-order valence-corrected chi connectivity index (χ2v) is 9.42. The first-order valence-electron chi connectivity index (χ1n) is 10.7. The molecule has 10 heteroatoms. The third kappa shape index (κ3) is 4.36. The number of aliphatic hydroxyl groups is 5. The van der Waals surface area contributed by atoms with Crippen LogP contribution in [-0.4, -0.2) is 106 Å². The van der Waals surface area contributed by atoms with E-state index in [4.69, 9.17) is 9.47 Å². The fourth-order valence-corrected chi connectivity index (χ4v) is 5.12. The van der Waals surface area contributed by atoms with Crippen molar-refractivity contribution in [3.8, 4) is 5.75 Å². The Hall–Kier alpha value is -1.79. The number of methoxy groups -OCH3 is 1. The summed E-state index contributed by atoms with van der Waals surface area (Å²) in [6, 6.07) is 6.86. The number of hydrogen-bond donors (Lipinski definition) is 6. The van der Waals surface area contributed by atoms with Crippen LogP contribution in [0.2, 0.25) is 0 Å². The molecule has 1 heterocycles. The summed E-state index contributed by atoms with van der Waals surface area (Å²) in [5.41, 5.74) is -1.11. The van der Waals surface area contributed by atoms with Crippen molar-refractivity contribution in [2.45, 2.75) is 61.6 Å². The number of nitrogens with zero attached hydrogens (tertiary/aromatic N) is 1. The van der Waals surface area contributed by atoms with Gasteiger partial charge in [0.15, 0.2) is 12.2 Å². The van der Waals surface area contributed by atoms with E-state index in [1.54, 1.807) is 38.4 Å². The largest absolute Gasteiger partial charge is 0.497 e. The fraction of sp³-hybridized carbons (Fsp3) is 0.682. The molecule has 1 aliphatic carbocycles. The number of quaternary nitrogens is 1. The number of likely N-dealkylation sites (N-methyl/N-ethyl adjacent to an activating group) is 1. The SMILES string of the molecule is COc1cccc(C2(O)C(O)CCCC2C[N+](C)(C)C2OC(C(=O)O)C(O)C(O)C2O)c1. The van der Waals surface area contributed by atoms with Gasteiger partial charge in [0, 0.05) is 5.92 Å². The molecule has 1 aromatic rings. The van der Waals surface area contributed by atoms with Crippen molar-refractivity contribution in [2.75, 3.05) is 27.7 Å². The molecule has 8 unspecified atom stereocenters. The van der Waals surface area contributed by atoms with Gasteiger partial charge < -0.3 is 44.6 Å². The summed E-state index contributed by atoms with van der Waals surface area (Å²) >= 11 is 0. The second kappa shape index (κ2) is 9.22. The number of benzene rings is 1. The molecule has 8 atom stereocenters. The Kier molecular flexibility index (Phi) is 7.16. The second-order valence-electron chi connectivity index (χ2n) is 9.42. The minimum Gasteiger partial charge on any atom is -0.497 e. The molecule has 0 bridgehead atoms. The van der Waals surface area contributed by atoms with Crippen molar-refractivity contribution in [1.29, 1.82) is 0 Å². The highest BCUT2D eigenvalue weighted by Gasteiger charge is 2.56. The average molecular weight is 457 g/mol. The number of carboxylic acid groups (broad SMARTS) is 1. The maximum absolute atomic E-state index is 11.8. The van der Waals surface area contributed by atoms with Gasteiger partial charge in [-0.25, -0.2) is 4.79 Å². The van der Waals surface area contributed by atoms with Crippen molar-refractivity contribution in [1.82, 2.24) is 0 Å². The van der Waals surface area contributed by atoms with Crippen LogP contribution in [0.25, 0.3) is 0 Å². The van der Waals surface area contributed by atoms with Gasteiger partial charge in [-0.3, -0.25) is 0 Å². The van der Waals surface area contributed by atoms with E-state index in [0.29, 0.717) is 30.6 Å². The Labute approximate surface area is 186 Å². The molecule has 2 fully saturated rings. The summed E-state index contributed by atoms with van der Waals surface area (Å²) in [4.78, 5) is 11.5. The van der Waals surface area contributed by atoms with Gasteiger partial charge >= 0.3 is 5.97 Å². The molecule has 32 heavy (non-hydrogen) atoms. The zero-order chi connectivity index (χ0) is 23.8. The first kappa shape index (κ1) is 24.8. The molecule has 1 aromatic carbocycles. The zero-order valence-corrected chi connectivity index (χ0v) is 18.5. The van der Waals surface area contributed by atoms with E-state index < -0.39 is 54.2 Å². The summed E-state index contributed by atoms with van der Waals surface area (Å²) in [7, 11) is 4.88. The number of hydrogen-bond acceptors (Lipinski definition) is 8. The molecule has 0 radical (unpaired) electrons. The molecule has 6 N–H and O–H groups in total. The lowest BCUT2D eigenvalue weighted by Crippen LogP contribution is -2.69. The molecule has 1 saturated carbocycles. The van der Waals surface area contributed by atoms with Gasteiger partial charge in [-0.15, -0.1) is 0 Å². The van der Waals surface area contributed by atoms with Crippen molar-refractivity contribution in [3.05, 3.63) is 29.8 Å². The van der Waals surface area contributed by atoms with Crippen LogP contribution >= 0.6 is 0 Å². The van der Waals surface area contributed by atoms with E-state index in [1.165, 1.54) is 7.11 Å². The Bertz CT molecular complexity index is 818. The molecule has 1 aliphatic heterocycles. The smallest absolute Gasteiger partial charge is 0.335 e. The minimum atomic E-state index is -1.77. The topological polar surface area (TPSA) is 157 Å². The Balaban J connectivity index is 1.92. The summed E-state index contributed by atoms with van der Waals surface area (Å²) in [5.74, 6) is -1.39. The molecule has 180 valence electrons. The maximum atomic E-state index is 11.8. The number of carbonyl (C=O) groups is 1. The van der Waals surface area contributed by atoms with Crippen LogP contribution in [0.3, 0.4) is 0 Å². The molecule has 3 rings (SSSR count). The standard InChI is InChI=1S/C22H33NO9/c1-23(2,20-18(27)16(25)17(26)19(32-20)21(28)29)11-13-7-5-9-15(24)22(13,30)12-6-4-8-14(10-12)31-3/h4,6,8,10,13,15-20,24-27,30H,5,7,9,11H2,1-3H3/p+1. The molecular weight excluding hydrogens is 422 g/mol. The predicted molar refractivity (Wildman–Crippen MR) is 112 cm³/mol. The quantitative estimate of drug-likeness (QED) is 0.296. The first-order chi connectivity index (χ1) is 14.9. The normalized spacial score (nSPS) is 38.3. The Morgan fingerprint density at radius 2 is 1.84 bits per heavy atom. The molecule has 2 aliphatic rings. The monoisotopic (exact) mass is 456 g/mol. The zero-order valence-electron chi connectivity index (χ0n) is 18.5. The van der Waals surface area contributed by atoms with Crippen LogP contribution < -0.4 is 4.74 Å². The van der Waals surface area contributed by atoms with Gasteiger partial charge in [-0.05, 0) is 30.5 Å². The van der Waals surface area contributed by atoms with Gasteiger partial charge in [0.25, 0.3) is 0 Å². The number of carboxylic acids is 1. The van der Waals surface area contributed by atoms with Gasteiger partial charge in [-0.2, -0.15) is 0 Å². The molecular formula is C22H34NO9+. The van der Waals surface area contributed by atoms with Crippen LogP contribution in [0.1, 0.15) is 24.8 Å². The van der Waals surface area contributed by atoms with Crippen molar-refractivity contribution < 1.29 is 49.4 Å². The van der Waals surface area contributed by atoms with Crippen LogP contribution in [0.15, 0.2) is 24.3 Å². The molecule has 0 aromatic heterocycles. The van der Waals surface area contributed by atoms with E-state index in [-0.39, 0.29) is 11.0 Å². The molecule has 0 spiro atoms. The number of aliphatic carboxylic acids is 1. The predicted octanol–water partition coefficient (Wildman–Crippen LogP) is -0.988. The lowest BCUT2D eigenvalue weighted by molar-refractivity contribution is -0.948. The van der Waals surface area contributed by atoms with Crippen LogP contribution in [0.5, 0.6) is 5.75 Å². The lowest BCUT2D eigenvalue weighted by Gasteiger charge is -2.51. The van der Waals surface area contributed by atoms with Crippen molar-refractivity contribution >= 4 is 5.97 Å². The van der Waals surface area contributed by atoms with E-state index in [2.05, 4.69) is 0 Å².